The van der Waals surface area contributed by atoms with E-state index in [4.69, 9.17) is 25.5 Å². The van der Waals surface area contributed by atoms with Crippen LogP contribution in [0.5, 0.6) is 11.5 Å². The van der Waals surface area contributed by atoms with Crippen molar-refractivity contribution in [2.45, 2.75) is 0 Å². The maximum Gasteiger partial charge on any atom is 0.291 e. The van der Waals surface area contributed by atoms with E-state index < -0.39 is 5.09 Å². The van der Waals surface area contributed by atoms with Gasteiger partial charge in [0.25, 0.3) is 5.09 Å². The average molecular weight is 173 g/mol. The average Bonchev–Trinajstić information content (AvgIpc) is 1.84. The maximum absolute atomic E-state index is 8.65. The van der Waals surface area contributed by atoms with Gasteiger partial charge >= 0.3 is 0 Å². The zero-order valence-corrected chi connectivity index (χ0v) is 5.91. The summed E-state index contributed by atoms with van der Waals surface area (Å²) in [6.45, 7) is 0. The maximum atomic E-state index is 8.65. The zero-order valence-electron chi connectivity index (χ0n) is 5.91. The number of benzene rings is 1. The molecule has 0 atom stereocenters. The van der Waals surface area contributed by atoms with Gasteiger partial charge < -0.3 is 15.4 Å². The first-order valence-electron chi connectivity index (χ1n) is 2.83. The molecular weight excluding hydrogens is 166 g/mol. The predicted molar refractivity (Wildman–Crippen MR) is 38.6 cm³/mol. The minimum atomic E-state index is -1.50. The van der Waals surface area contributed by atoms with Crippen molar-refractivity contribution in [3.8, 4) is 11.5 Å². The molecule has 1 rings (SSSR count). The highest BCUT2D eigenvalue weighted by Crippen LogP contribution is 2.14. The minimum absolute atomic E-state index is 0.0880. The molecule has 0 saturated carbocycles. The van der Waals surface area contributed by atoms with Gasteiger partial charge in [0.2, 0.25) is 0 Å². The summed E-state index contributed by atoms with van der Waals surface area (Å²) in [7, 11) is 0. The van der Waals surface area contributed by atoms with E-state index in [0.29, 0.717) is 0 Å². The summed E-state index contributed by atoms with van der Waals surface area (Å²) in [5.74, 6) is 0.176. The van der Waals surface area contributed by atoms with Gasteiger partial charge in [0.05, 0.1) is 0 Å². The Morgan fingerprint density at radius 2 is 1.58 bits per heavy atom. The Balaban J connectivity index is 0.000000261. The van der Waals surface area contributed by atoms with Crippen LogP contribution >= 0.6 is 0 Å². The Hall–Kier alpha value is -1.98. The van der Waals surface area contributed by atoms with E-state index in [9.17, 15) is 0 Å². The Kier molecular flexibility index (Phi) is 3.99. The molecule has 3 N–H and O–H groups in total. The lowest BCUT2D eigenvalue weighted by atomic mass is 10.3. The number of aromatic hydroxyl groups is 2. The summed E-state index contributed by atoms with van der Waals surface area (Å²) < 4.78 is 0. The van der Waals surface area contributed by atoms with Crippen molar-refractivity contribution < 1.29 is 20.5 Å². The topological polar surface area (TPSA) is 104 Å². The number of hydrogen-bond acceptors (Lipinski definition) is 4. The van der Waals surface area contributed by atoms with Crippen LogP contribution in [0.1, 0.15) is 0 Å². The van der Waals surface area contributed by atoms with Crippen molar-refractivity contribution in [3.63, 3.8) is 0 Å². The van der Waals surface area contributed by atoms with Crippen molar-refractivity contribution in [1.82, 2.24) is 0 Å². The van der Waals surface area contributed by atoms with E-state index in [1.807, 2.05) is 0 Å². The molecule has 0 heterocycles. The van der Waals surface area contributed by atoms with Crippen LogP contribution < -0.4 is 0 Å². The minimum Gasteiger partial charge on any atom is -0.508 e. The molecule has 0 radical (unpaired) electrons. The Labute approximate surface area is 67.4 Å². The first kappa shape index (κ1) is 10.0. The summed E-state index contributed by atoms with van der Waals surface area (Å²) in [5.41, 5.74) is 0. The fourth-order valence-corrected chi connectivity index (χ4v) is 0.493. The molecular formula is C6H7NO5. The van der Waals surface area contributed by atoms with Gasteiger partial charge in [-0.3, -0.25) is 0 Å². The van der Waals surface area contributed by atoms with E-state index >= 15 is 0 Å². The molecule has 6 heteroatoms. The fourth-order valence-electron chi connectivity index (χ4n) is 0.493. The van der Waals surface area contributed by atoms with Gasteiger partial charge in [-0.1, -0.05) is 6.07 Å². The lowest BCUT2D eigenvalue weighted by Gasteiger charge is -1.89. The van der Waals surface area contributed by atoms with Crippen LogP contribution in [0.15, 0.2) is 24.3 Å². The third kappa shape index (κ3) is 6.14. The van der Waals surface area contributed by atoms with E-state index in [1.54, 1.807) is 6.07 Å². The van der Waals surface area contributed by atoms with Crippen LogP contribution in [-0.2, 0) is 0 Å². The highest BCUT2D eigenvalue weighted by molar-refractivity contribution is 5.30. The van der Waals surface area contributed by atoms with Gasteiger partial charge in [0.15, 0.2) is 0 Å². The Bertz CT molecular complexity index is 241. The number of phenolic OH excluding ortho intramolecular Hbond substituents is 2. The van der Waals surface area contributed by atoms with Gasteiger partial charge in [0.1, 0.15) is 11.5 Å². The van der Waals surface area contributed by atoms with Crippen LogP contribution in [-0.4, -0.2) is 20.5 Å². The SMILES string of the molecule is O=[N+]([O-])O.Oc1cccc(O)c1. The molecule has 0 unspecified atom stereocenters. The second kappa shape index (κ2) is 4.78. The second-order valence-electron chi connectivity index (χ2n) is 1.76. The normalized spacial score (nSPS) is 8.00. The number of hydrogen-bond donors (Lipinski definition) is 3. The van der Waals surface area contributed by atoms with Crippen LogP contribution in [0.25, 0.3) is 0 Å². The third-order valence-electron chi connectivity index (χ3n) is 0.830. The number of nitrogens with zero attached hydrogens (tertiary/aromatic N) is 1. The molecule has 0 bridgehead atoms. The first-order valence-corrected chi connectivity index (χ1v) is 2.83. The fraction of sp³-hybridized carbons (Fsp3) is 0. The molecule has 0 saturated heterocycles. The van der Waals surface area contributed by atoms with Crippen LogP contribution in [0.2, 0.25) is 0 Å². The van der Waals surface area contributed by atoms with E-state index in [2.05, 4.69) is 0 Å². The van der Waals surface area contributed by atoms with Crippen LogP contribution in [0.4, 0.5) is 0 Å². The molecule has 1 aromatic rings. The lowest BCUT2D eigenvalue weighted by Crippen LogP contribution is -1.81. The summed E-state index contributed by atoms with van der Waals surface area (Å²) in [4.78, 5) is 8.36. The zero-order chi connectivity index (χ0) is 9.56. The molecule has 6 nitrogen and oxygen atoms in total. The third-order valence-corrected chi connectivity index (χ3v) is 0.830. The second-order valence-corrected chi connectivity index (χ2v) is 1.76. The smallest absolute Gasteiger partial charge is 0.291 e. The molecule has 1 aromatic carbocycles. The molecule has 66 valence electrons. The van der Waals surface area contributed by atoms with Crippen LogP contribution in [0.3, 0.4) is 0 Å². The molecule has 0 fully saturated rings. The molecule has 0 amide bonds. The molecule has 0 aliphatic rings. The molecule has 0 aromatic heterocycles. The largest absolute Gasteiger partial charge is 0.508 e. The Morgan fingerprint density at radius 3 is 1.75 bits per heavy atom. The van der Waals surface area contributed by atoms with Crippen molar-refractivity contribution >= 4 is 0 Å². The van der Waals surface area contributed by atoms with Gasteiger partial charge in [-0.2, -0.15) is 0 Å². The summed E-state index contributed by atoms with van der Waals surface area (Å²) in [6, 6.07) is 5.85. The molecule has 0 aliphatic heterocycles. The van der Waals surface area contributed by atoms with Crippen molar-refractivity contribution in [3.05, 3.63) is 34.4 Å². The van der Waals surface area contributed by atoms with E-state index in [1.165, 1.54) is 18.2 Å². The quantitative estimate of drug-likeness (QED) is 0.396. The number of rotatable bonds is 0. The summed E-state index contributed by atoms with van der Waals surface area (Å²) in [5, 5.41) is 30.9. The summed E-state index contributed by atoms with van der Waals surface area (Å²) >= 11 is 0. The van der Waals surface area contributed by atoms with Crippen LogP contribution in [0, 0.1) is 10.1 Å². The highest BCUT2D eigenvalue weighted by atomic mass is 16.9. The molecule has 0 spiro atoms. The Morgan fingerprint density at radius 1 is 1.25 bits per heavy atom. The molecule has 12 heavy (non-hydrogen) atoms. The lowest BCUT2D eigenvalue weighted by molar-refractivity contribution is -0.742. The monoisotopic (exact) mass is 173 g/mol. The van der Waals surface area contributed by atoms with Gasteiger partial charge in [0, 0.05) is 6.07 Å². The highest BCUT2D eigenvalue weighted by Gasteiger charge is 1.85. The molecule has 0 aliphatic carbocycles. The predicted octanol–water partition coefficient (Wildman–Crippen LogP) is 0.750. The standard InChI is InChI=1S/C6H6O2.HNO3/c7-5-2-1-3-6(8)4-5;2-1(3)4/h1-4,7-8H;(H,2,3,4). The van der Waals surface area contributed by atoms with Crippen molar-refractivity contribution in [2.75, 3.05) is 0 Å². The van der Waals surface area contributed by atoms with Gasteiger partial charge in [-0.25, -0.2) is 0 Å². The van der Waals surface area contributed by atoms with E-state index in [-0.39, 0.29) is 11.5 Å². The first-order chi connectivity index (χ1) is 5.52. The van der Waals surface area contributed by atoms with Gasteiger partial charge in [-0.15, -0.1) is 10.1 Å². The van der Waals surface area contributed by atoms with Gasteiger partial charge in [-0.05, 0) is 12.1 Å². The van der Waals surface area contributed by atoms with Crippen molar-refractivity contribution in [2.24, 2.45) is 0 Å². The summed E-state index contributed by atoms with van der Waals surface area (Å²) in [6.07, 6.45) is 0. The van der Waals surface area contributed by atoms with Crippen molar-refractivity contribution in [1.29, 1.82) is 0 Å². The number of phenols is 2. The van der Waals surface area contributed by atoms with E-state index in [0.717, 1.165) is 0 Å².